The summed E-state index contributed by atoms with van der Waals surface area (Å²) in [6.07, 6.45) is 71.4. The molecule has 0 rings (SSSR count). The molecule has 0 saturated heterocycles. The van der Waals surface area contributed by atoms with Crippen molar-refractivity contribution in [2.24, 2.45) is 0 Å². The minimum atomic E-state index is -0.802. The van der Waals surface area contributed by atoms with E-state index in [9.17, 15) is 19.8 Å². The number of hydrogen-bond donors (Lipinski definition) is 3. The Balaban J connectivity index is 4.60. The second-order valence-electron chi connectivity index (χ2n) is 20.5. The lowest BCUT2D eigenvalue weighted by atomic mass is 10.0. The lowest BCUT2D eigenvalue weighted by Crippen LogP contribution is -2.46. The average molecular weight is 967 g/mol. The van der Waals surface area contributed by atoms with E-state index in [2.05, 4.69) is 86.8 Å². The van der Waals surface area contributed by atoms with Crippen molar-refractivity contribution >= 4 is 11.9 Å². The number of allylic oxidation sites excluding steroid dienone is 10. The zero-order valence-corrected chi connectivity index (χ0v) is 45.9. The van der Waals surface area contributed by atoms with Crippen molar-refractivity contribution in [3.05, 3.63) is 60.8 Å². The summed E-state index contributed by atoms with van der Waals surface area (Å²) < 4.78 is 5.95. The third kappa shape index (κ3) is 51.7. The largest absolute Gasteiger partial charge is 0.462 e. The van der Waals surface area contributed by atoms with Crippen LogP contribution in [0.15, 0.2) is 60.8 Å². The van der Waals surface area contributed by atoms with Crippen LogP contribution in [0.25, 0.3) is 0 Å². The van der Waals surface area contributed by atoms with Gasteiger partial charge in [0.05, 0.1) is 25.2 Å². The van der Waals surface area contributed by atoms with Gasteiger partial charge in [-0.15, -0.1) is 0 Å². The molecule has 0 spiro atoms. The molecule has 0 aromatic carbocycles. The number of nitrogens with one attached hydrogen (secondary N) is 1. The highest BCUT2D eigenvalue weighted by molar-refractivity contribution is 5.77. The van der Waals surface area contributed by atoms with Gasteiger partial charge >= 0.3 is 5.97 Å². The van der Waals surface area contributed by atoms with Crippen LogP contribution in [0.3, 0.4) is 0 Å². The number of aliphatic hydroxyl groups is 2. The van der Waals surface area contributed by atoms with Gasteiger partial charge in [0, 0.05) is 6.42 Å². The first kappa shape index (κ1) is 66.6. The van der Waals surface area contributed by atoms with Crippen molar-refractivity contribution in [3.63, 3.8) is 0 Å². The summed E-state index contributed by atoms with van der Waals surface area (Å²) in [6, 6.07) is -0.718. The van der Waals surface area contributed by atoms with Crippen molar-refractivity contribution in [1.29, 1.82) is 0 Å². The second kappa shape index (κ2) is 56.5. The highest BCUT2D eigenvalue weighted by Crippen LogP contribution is 2.18. The molecule has 1 amide bonds. The number of ether oxygens (including phenoxy) is 1. The normalized spacial score (nSPS) is 13.5. The van der Waals surface area contributed by atoms with Crippen molar-refractivity contribution in [3.8, 4) is 0 Å². The molecule has 0 aromatic heterocycles. The van der Waals surface area contributed by atoms with Gasteiger partial charge < -0.3 is 20.3 Å². The topological polar surface area (TPSA) is 95.9 Å². The molecule has 0 aromatic rings. The van der Waals surface area contributed by atoms with E-state index >= 15 is 0 Å². The summed E-state index contributed by atoms with van der Waals surface area (Å²) in [4.78, 5) is 26.3. The average Bonchev–Trinajstić information content (AvgIpc) is 3.34. The van der Waals surface area contributed by atoms with Crippen molar-refractivity contribution in [2.45, 2.75) is 322 Å². The van der Waals surface area contributed by atoms with Crippen molar-refractivity contribution in [2.75, 3.05) is 6.61 Å². The van der Waals surface area contributed by atoms with Crippen LogP contribution in [0, 0.1) is 0 Å². The summed E-state index contributed by atoms with van der Waals surface area (Å²) in [5.74, 6) is -0.508. The minimum Gasteiger partial charge on any atom is -0.462 e. The van der Waals surface area contributed by atoms with Crippen LogP contribution >= 0.6 is 0 Å². The Hall–Kier alpha value is -2.44. The Morgan fingerprint density at radius 1 is 0.420 bits per heavy atom. The molecule has 0 aliphatic carbocycles. The summed E-state index contributed by atoms with van der Waals surface area (Å²) in [5, 5.41) is 23.9. The number of carbonyl (C=O) groups is 2. The number of aliphatic hydroxyl groups excluding tert-OH is 2. The molecule has 0 aliphatic heterocycles. The van der Waals surface area contributed by atoms with Crippen LogP contribution in [0.1, 0.15) is 303 Å². The quantitative estimate of drug-likeness (QED) is 0.0244. The first-order chi connectivity index (χ1) is 34.0. The highest BCUT2D eigenvalue weighted by atomic mass is 16.5. The molecule has 6 nitrogen and oxygen atoms in total. The molecule has 0 heterocycles. The van der Waals surface area contributed by atoms with E-state index in [1.165, 1.54) is 186 Å². The van der Waals surface area contributed by atoms with Gasteiger partial charge in [0.15, 0.2) is 0 Å². The van der Waals surface area contributed by atoms with E-state index < -0.39 is 18.2 Å². The number of rotatable bonds is 54. The maximum atomic E-state index is 13.3. The van der Waals surface area contributed by atoms with E-state index in [1.807, 2.05) is 0 Å². The fourth-order valence-corrected chi connectivity index (χ4v) is 9.09. The maximum absolute atomic E-state index is 13.3. The van der Waals surface area contributed by atoms with Gasteiger partial charge in [-0.25, -0.2) is 0 Å². The van der Waals surface area contributed by atoms with Gasteiger partial charge in [-0.3, -0.25) is 9.59 Å². The standard InChI is InChI=1S/C63H115NO5/c1-4-7-10-13-16-19-22-25-28-31-34-37-40-43-46-49-52-55-61(66)60(58-65)64-62(67)57-59(54-51-48-45-42-39-36-33-30-27-24-21-18-15-12-9-6-3)69-63(68)56-53-50-47-44-41-38-35-32-29-26-23-20-17-14-11-8-5-2/h18,21,24,26-27,29-30,33,36,39,59-61,65-66H,4-17,19-20,22-23,25,28,31-32,34-35,37-38,40-58H2,1-3H3,(H,64,67)/b21-18+,27-24+,29-26+,33-30+,39-36+. The molecule has 402 valence electrons. The monoisotopic (exact) mass is 966 g/mol. The summed E-state index contributed by atoms with van der Waals surface area (Å²) in [6.45, 7) is 6.46. The van der Waals surface area contributed by atoms with E-state index in [-0.39, 0.29) is 24.9 Å². The zero-order chi connectivity index (χ0) is 50.2. The molecular weight excluding hydrogens is 851 g/mol. The second-order valence-corrected chi connectivity index (χ2v) is 20.5. The van der Waals surface area contributed by atoms with Gasteiger partial charge in [-0.05, 0) is 77.0 Å². The van der Waals surface area contributed by atoms with Crippen LogP contribution in [-0.2, 0) is 14.3 Å². The number of amides is 1. The molecule has 0 bridgehead atoms. The number of esters is 1. The Morgan fingerprint density at radius 2 is 0.754 bits per heavy atom. The Morgan fingerprint density at radius 3 is 1.20 bits per heavy atom. The van der Waals surface area contributed by atoms with E-state index in [0.717, 1.165) is 70.6 Å². The Labute approximate surface area is 428 Å². The SMILES string of the molecule is CCCCC/C=C/C=C/C=C/C=C/CCCCCC(CC(=O)NC(CO)C(O)CCCCCCCCCCCCCCCCCCC)OC(=O)CCCCCCCCC/C=C/CCCCCCCC. The van der Waals surface area contributed by atoms with Gasteiger partial charge in [0.2, 0.25) is 5.91 Å². The van der Waals surface area contributed by atoms with E-state index in [0.29, 0.717) is 19.3 Å². The molecule has 6 heteroatoms. The lowest BCUT2D eigenvalue weighted by molar-refractivity contribution is -0.151. The van der Waals surface area contributed by atoms with Crippen LogP contribution < -0.4 is 5.32 Å². The van der Waals surface area contributed by atoms with Gasteiger partial charge in [-0.2, -0.15) is 0 Å². The minimum absolute atomic E-state index is 0.0501. The van der Waals surface area contributed by atoms with Crippen LogP contribution in [-0.4, -0.2) is 46.9 Å². The number of unbranched alkanes of at least 4 members (excludes halogenated alkanes) is 35. The zero-order valence-electron chi connectivity index (χ0n) is 45.9. The van der Waals surface area contributed by atoms with E-state index in [1.54, 1.807) is 0 Å². The third-order valence-corrected chi connectivity index (χ3v) is 13.7. The summed E-state index contributed by atoms with van der Waals surface area (Å²) in [7, 11) is 0. The molecular formula is C63H115NO5. The molecule has 3 atom stereocenters. The van der Waals surface area contributed by atoms with Gasteiger partial charge in [-0.1, -0.05) is 274 Å². The smallest absolute Gasteiger partial charge is 0.306 e. The predicted octanol–water partition coefficient (Wildman–Crippen LogP) is 18.7. The van der Waals surface area contributed by atoms with E-state index in [4.69, 9.17) is 4.74 Å². The number of carbonyl (C=O) groups excluding carboxylic acids is 2. The van der Waals surface area contributed by atoms with Crippen molar-refractivity contribution < 1.29 is 24.5 Å². The Bertz CT molecular complexity index is 1220. The Kier molecular flexibility index (Phi) is 54.5. The van der Waals surface area contributed by atoms with Crippen LogP contribution in [0.2, 0.25) is 0 Å². The first-order valence-corrected chi connectivity index (χ1v) is 30.1. The predicted molar refractivity (Wildman–Crippen MR) is 301 cm³/mol. The molecule has 0 aliphatic rings. The molecule has 0 radical (unpaired) electrons. The number of hydrogen-bond acceptors (Lipinski definition) is 5. The molecule has 0 saturated carbocycles. The summed E-state index contributed by atoms with van der Waals surface area (Å²) in [5.41, 5.74) is 0. The molecule has 69 heavy (non-hydrogen) atoms. The lowest BCUT2D eigenvalue weighted by Gasteiger charge is -2.24. The molecule has 3 unspecified atom stereocenters. The summed E-state index contributed by atoms with van der Waals surface area (Å²) >= 11 is 0. The highest BCUT2D eigenvalue weighted by Gasteiger charge is 2.24. The van der Waals surface area contributed by atoms with Gasteiger partial charge in [0.1, 0.15) is 6.10 Å². The fraction of sp³-hybridized carbons (Fsp3) is 0.810. The van der Waals surface area contributed by atoms with Gasteiger partial charge in [0.25, 0.3) is 0 Å². The van der Waals surface area contributed by atoms with Crippen molar-refractivity contribution in [1.82, 2.24) is 5.32 Å². The van der Waals surface area contributed by atoms with Crippen LogP contribution in [0.4, 0.5) is 0 Å². The first-order valence-electron chi connectivity index (χ1n) is 30.1. The molecule has 3 N–H and O–H groups in total. The maximum Gasteiger partial charge on any atom is 0.306 e. The third-order valence-electron chi connectivity index (χ3n) is 13.7. The molecule has 0 fully saturated rings. The van der Waals surface area contributed by atoms with Crippen LogP contribution in [0.5, 0.6) is 0 Å². The fourth-order valence-electron chi connectivity index (χ4n) is 9.09.